The number of H-pyrrole nitrogens is 1. The summed E-state index contributed by atoms with van der Waals surface area (Å²) in [7, 11) is 1.44. The number of hydrogen-bond donors (Lipinski definition) is 1. The van der Waals surface area contributed by atoms with Gasteiger partial charge in [0.1, 0.15) is 6.04 Å². The van der Waals surface area contributed by atoms with Crippen molar-refractivity contribution in [2.24, 2.45) is 7.05 Å². The quantitative estimate of drug-likeness (QED) is 0.828. The van der Waals surface area contributed by atoms with E-state index in [1.54, 1.807) is 6.92 Å². The molecule has 1 aromatic heterocycles. The van der Waals surface area contributed by atoms with Gasteiger partial charge in [0.2, 0.25) is 0 Å². The standard InChI is InChI=1S/C18H21N3O4/c1-3-25-17(23)15(12-7-5-4-6-8-12)21-10-9-14-13(11-21)16(22)20(2)18(24)19-14/h4-8,15H,3,9-11H2,1-2H3,(H,19,24). The zero-order valence-electron chi connectivity index (χ0n) is 14.3. The van der Waals surface area contributed by atoms with E-state index in [4.69, 9.17) is 4.74 Å². The molecule has 0 amide bonds. The van der Waals surface area contributed by atoms with Crippen molar-refractivity contribution in [2.75, 3.05) is 13.2 Å². The molecule has 0 aliphatic carbocycles. The fourth-order valence-corrected chi connectivity index (χ4v) is 3.20. The Morgan fingerprint density at radius 3 is 2.68 bits per heavy atom. The van der Waals surface area contributed by atoms with Crippen LogP contribution in [0.25, 0.3) is 0 Å². The topological polar surface area (TPSA) is 84.4 Å². The summed E-state index contributed by atoms with van der Waals surface area (Å²) in [6.45, 7) is 2.90. The Morgan fingerprint density at radius 2 is 2.00 bits per heavy atom. The molecule has 0 fully saturated rings. The minimum absolute atomic E-state index is 0.289. The lowest BCUT2D eigenvalue weighted by atomic mass is 10.00. The number of nitrogens with one attached hydrogen (secondary N) is 1. The molecule has 0 bridgehead atoms. The first-order chi connectivity index (χ1) is 12.0. The molecule has 1 aromatic carbocycles. The summed E-state index contributed by atoms with van der Waals surface area (Å²) >= 11 is 0. The van der Waals surface area contributed by atoms with Gasteiger partial charge in [-0.15, -0.1) is 0 Å². The smallest absolute Gasteiger partial charge is 0.328 e. The Kier molecular flexibility index (Phi) is 4.85. The van der Waals surface area contributed by atoms with Crippen molar-refractivity contribution in [1.29, 1.82) is 0 Å². The molecule has 1 aliphatic heterocycles. The van der Waals surface area contributed by atoms with E-state index in [2.05, 4.69) is 4.98 Å². The van der Waals surface area contributed by atoms with Crippen molar-refractivity contribution < 1.29 is 9.53 Å². The highest BCUT2D eigenvalue weighted by atomic mass is 16.5. The van der Waals surface area contributed by atoms with Gasteiger partial charge in [-0.2, -0.15) is 0 Å². The number of esters is 1. The maximum Gasteiger partial charge on any atom is 0.328 e. The van der Waals surface area contributed by atoms with Gasteiger partial charge in [-0.3, -0.25) is 14.3 Å². The molecule has 0 saturated carbocycles. The van der Waals surface area contributed by atoms with E-state index in [9.17, 15) is 14.4 Å². The van der Waals surface area contributed by atoms with Crippen LogP contribution in [-0.2, 0) is 29.5 Å². The Hall–Kier alpha value is -2.67. The number of nitrogens with zero attached hydrogens (tertiary/aromatic N) is 2. The molecule has 0 spiro atoms. The number of hydrogen-bond acceptors (Lipinski definition) is 5. The molecule has 25 heavy (non-hydrogen) atoms. The van der Waals surface area contributed by atoms with Gasteiger partial charge in [-0.05, 0) is 12.5 Å². The second-order valence-electron chi connectivity index (χ2n) is 6.04. The fourth-order valence-electron chi connectivity index (χ4n) is 3.20. The van der Waals surface area contributed by atoms with Crippen LogP contribution < -0.4 is 11.2 Å². The molecule has 0 saturated heterocycles. The minimum Gasteiger partial charge on any atom is -0.465 e. The van der Waals surface area contributed by atoms with E-state index in [0.717, 1.165) is 10.1 Å². The third-order valence-corrected chi connectivity index (χ3v) is 4.49. The molecular weight excluding hydrogens is 322 g/mol. The van der Waals surface area contributed by atoms with E-state index in [1.165, 1.54) is 7.05 Å². The van der Waals surface area contributed by atoms with Crippen LogP contribution in [0.2, 0.25) is 0 Å². The SMILES string of the molecule is CCOC(=O)C(c1ccccc1)N1CCc2[nH]c(=O)n(C)c(=O)c2C1. The average molecular weight is 343 g/mol. The van der Waals surface area contributed by atoms with Crippen molar-refractivity contribution in [3.8, 4) is 0 Å². The predicted molar refractivity (Wildman–Crippen MR) is 92.2 cm³/mol. The summed E-state index contributed by atoms with van der Waals surface area (Å²) in [5, 5.41) is 0. The third kappa shape index (κ3) is 3.28. The van der Waals surface area contributed by atoms with E-state index in [0.29, 0.717) is 30.8 Å². The van der Waals surface area contributed by atoms with E-state index >= 15 is 0 Å². The van der Waals surface area contributed by atoms with E-state index in [-0.39, 0.29) is 18.1 Å². The van der Waals surface area contributed by atoms with Crippen LogP contribution in [0.15, 0.2) is 39.9 Å². The Morgan fingerprint density at radius 1 is 1.28 bits per heavy atom. The molecule has 1 N–H and O–H groups in total. The molecule has 7 nitrogen and oxygen atoms in total. The molecule has 3 rings (SSSR count). The van der Waals surface area contributed by atoms with Crippen LogP contribution in [0.4, 0.5) is 0 Å². The average Bonchev–Trinajstić information content (AvgIpc) is 2.62. The summed E-state index contributed by atoms with van der Waals surface area (Å²) in [6, 6.07) is 8.80. The zero-order chi connectivity index (χ0) is 18.0. The highest BCUT2D eigenvalue weighted by Gasteiger charge is 2.33. The number of fused-ring (bicyclic) bond motifs is 1. The van der Waals surface area contributed by atoms with Gasteiger partial charge in [-0.25, -0.2) is 9.59 Å². The molecule has 132 valence electrons. The third-order valence-electron chi connectivity index (χ3n) is 4.49. The van der Waals surface area contributed by atoms with Crippen molar-refractivity contribution in [1.82, 2.24) is 14.5 Å². The van der Waals surface area contributed by atoms with Gasteiger partial charge in [-0.1, -0.05) is 30.3 Å². The fraction of sp³-hybridized carbons (Fsp3) is 0.389. The predicted octanol–water partition coefficient (Wildman–Crippen LogP) is 0.736. The van der Waals surface area contributed by atoms with Gasteiger partial charge in [0.05, 0.1) is 12.2 Å². The van der Waals surface area contributed by atoms with Crippen LogP contribution in [0.5, 0.6) is 0 Å². The summed E-state index contributed by atoms with van der Waals surface area (Å²) in [4.78, 5) is 41.4. The number of aromatic amines is 1. The van der Waals surface area contributed by atoms with Gasteiger partial charge >= 0.3 is 11.7 Å². The van der Waals surface area contributed by atoms with Crippen LogP contribution >= 0.6 is 0 Å². The molecule has 1 atom stereocenters. The van der Waals surface area contributed by atoms with Gasteiger partial charge < -0.3 is 9.72 Å². The lowest BCUT2D eigenvalue weighted by molar-refractivity contribution is -0.150. The second-order valence-corrected chi connectivity index (χ2v) is 6.04. The van der Waals surface area contributed by atoms with Gasteiger partial charge in [0, 0.05) is 32.3 Å². The number of benzene rings is 1. The van der Waals surface area contributed by atoms with Crippen molar-refractivity contribution >= 4 is 5.97 Å². The van der Waals surface area contributed by atoms with Crippen LogP contribution in [0, 0.1) is 0 Å². The first-order valence-electron chi connectivity index (χ1n) is 8.29. The number of ether oxygens (including phenoxy) is 1. The number of carbonyl (C=O) groups excluding carboxylic acids is 1. The maximum absolute atomic E-state index is 12.6. The molecule has 1 aliphatic rings. The lowest BCUT2D eigenvalue weighted by Gasteiger charge is -2.33. The number of rotatable bonds is 4. The summed E-state index contributed by atoms with van der Waals surface area (Å²) in [5.41, 5.74) is 1.27. The van der Waals surface area contributed by atoms with Crippen LogP contribution in [-0.4, -0.2) is 33.6 Å². The van der Waals surface area contributed by atoms with Gasteiger partial charge in [0.25, 0.3) is 5.56 Å². The minimum atomic E-state index is -0.578. The molecule has 1 unspecified atom stereocenters. The Labute approximate surface area is 144 Å². The van der Waals surface area contributed by atoms with E-state index < -0.39 is 11.7 Å². The molecule has 0 radical (unpaired) electrons. The molecular formula is C18H21N3O4. The van der Waals surface area contributed by atoms with Gasteiger partial charge in [0.15, 0.2) is 0 Å². The normalized spacial score (nSPS) is 15.4. The summed E-state index contributed by atoms with van der Waals surface area (Å²) in [6.07, 6.45) is 0.503. The van der Waals surface area contributed by atoms with Crippen molar-refractivity contribution in [3.05, 3.63) is 68.0 Å². The first kappa shape index (κ1) is 17.2. The monoisotopic (exact) mass is 343 g/mol. The highest BCUT2D eigenvalue weighted by Crippen LogP contribution is 2.27. The molecule has 7 heteroatoms. The number of carbonyl (C=O) groups is 1. The lowest BCUT2D eigenvalue weighted by Crippen LogP contribution is -2.45. The summed E-state index contributed by atoms with van der Waals surface area (Å²) < 4.78 is 6.31. The van der Waals surface area contributed by atoms with Crippen LogP contribution in [0.3, 0.4) is 0 Å². The van der Waals surface area contributed by atoms with Crippen molar-refractivity contribution in [2.45, 2.75) is 25.9 Å². The maximum atomic E-state index is 12.6. The largest absolute Gasteiger partial charge is 0.465 e. The van der Waals surface area contributed by atoms with Crippen LogP contribution in [0.1, 0.15) is 29.8 Å². The summed E-state index contributed by atoms with van der Waals surface area (Å²) in [5.74, 6) is -0.335. The van der Waals surface area contributed by atoms with E-state index in [1.807, 2.05) is 35.2 Å². The Bertz CT molecular complexity index is 885. The zero-order valence-corrected chi connectivity index (χ0v) is 14.3. The number of aromatic nitrogens is 2. The molecule has 2 heterocycles. The second kappa shape index (κ2) is 7.06. The Balaban J connectivity index is 1.99. The first-order valence-corrected chi connectivity index (χ1v) is 8.29. The van der Waals surface area contributed by atoms with Crippen molar-refractivity contribution in [3.63, 3.8) is 0 Å². The molecule has 2 aromatic rings. The highest BCUT2D eigenvalue weighted by molar-refractivity contribution is 5.77.